The second kappa shape index (κ2) is 8.33. The molecule has 0 aliphatic carbocycles. The Morgan fingerprint density at radius 3 is 2.22 bits per heavy atom. The fourth-order valence-corrected chi connectivity index (χ4v) is 3.43. The molecule has 2 aromatic carbocycles. The molecule has 0 bridgehead atoms. The van der Waals surface area contributed by atoms with Crippen molar-refractivity contribution < 1.29 is 9.67 Å². The Hall–Kier alpha value is -2.69. The highest BCUT2D eigenvalue weighted by Crippen LogP contribution is 2.24. The number of aromatic nitrogens is 1. The summed E-state index contributed by atoms with van der Waals surface area (Å²) >= 11 is 11.9. The fraction of sp³-hybridized carbons (Fsp3) is 0.0909. The Bertz CT molecular complexity index is 996. The summed E-state index contributed by atoms with van der Waals surface area (Å²) in [6.07, 6.45) is 3.58. The zero-order chi connectivity index (χ0) is 19.4. The van der Waals surface area contributed by atoms with E-state index in [1.807, 2.05) is 44.2 Å². The number of halogens is 1. The van der Waals surface area contributed by atoms with E-state index in [9.17, 15) is 5.11 Å². The van der Waals surface area contributed by atoms with Gasteiger partial charge in [0.25, 0.3) is 0 Å². The molecule has 3 aromatic rings. The lowest BCUT2D eigenvalue weighted by molar-refractivity contribution is -0.577. The molecular weight excluding hydrogens is 376 g/mol. The van der Waals surface area contributed by atoms with Gasteiger partial charge in [0.15, 0.2) is 17.4 Å². The lowest BCUT2D eigenvalue weighted by Gasteiger charge is -2.18. The number of pyridine rings is 1. The normalized spacial score (nSPS) is 11.7. The van der Waals surface area contributed by atoms with E-state index in [1.165, 1.54) is 0 Å². The van der Waals surface area contributed by atoms with E-state index in [0.717, 1.165) is 16.8 Å². The SMILES string of the molecule is Cc1cc(C)cc(NC(=S)C(=C([O-])c2ccccc2Cl)[n+]2ccccc2)c1. The van der Waals surface area contributed by atoms with Crippen molar-refractivity contribution in [2.24, 2.45) is 0 Å². The third kappa shape index (κ3) is 4.54. The molecule has 1 aromatic heterocycles. The zero-order valence-electron chi connectivity index (χ0n) is 15.1. The largest absolute Gasteiger partial charge is 0.867 e. The molecule has 27 heavy (non-hydrogen) atoms. The molecule has 3 nitrogen and oxygen atoms in total. The maximum Gasteiger partial charge on any atom is 0.238 e. The quantitative estimate of drug-likeness (QED) is 0.309. The Kier molecular flexibility index (Phi) is 5.89. The third-order valence-corrected chi connectivity index (χ3v) is 4.63. The maximum absolute atomic E-state index is 13.3. The first kappa shape index (κ1) is 19.1. The van der Waals surface area contributed by atoms with E-state index in [-0.39, 0.29) is 5.76 Å². The van der Waals surface area contributed by atoms with Crippen LogP contribution in [0.15, 0.2) is 73.1 Å². The van der Waals surface area contributed by atoms with Gasteiger partial charge in [0.2, 0.25) is 5.70 Å². The van der Waals surface area contributed by atoms with Crippen molar-refractivity contribution in [1.29, 1.82) is 0 Å². The fourth-order valence-electron chi connectivity index (χ4n) is 2.90. The Balaban J connectivity index is 2.09. The standard InChI is InChI=1S/C22H19ClN2OS/c1-15-12-16(2)14-17(13-15)24-22(27)20(25-10-6-3-7-11-25)21(26)18-8-4-5-9-19(18)23/h3-14H,1-2H3,(H-,24,26,27). The number of hydrogen-bond donors (Lipinski definition) is 1. The number of nitrogens with zero attached hydrogens (tertiary/aromatic N) is 1. The molecule has 0 fully saturated rings. The Morgan fingerprint density at radius 2 is 1.59 bits per heavy atom. The first-order valence-electron chi connectivity index (χ1n) is 8.48. The van der Waals surface area contributed by atoms with Crippen molar-refractivity contribution in [2.45, 2.75) is 13.8 Å². The summed E-state index contributed by atoms with van der Waals surface area (Å²) in [6, 6.07) is 18.6. The number of hydrogen-bond acceptors (Lipinski definition) is 2. The molecule has 0 atom stereocenters. The highest BCUT2D eigenvalue weighted by Gasteiger charge is 2.19. The summed E-state index contributed by atoms with van der Waals surface area (Å²) in [4.78, 5) is 0.334. The second-order valence-electron chi connectivity index (χ2n) is 6.27. The van der Waals surface area contributed by atoms with Gasteiger partial charge in [0, 0.05) is 22.8 Å². The van der Waals surface area contributed by atoms with Gasteiger partial charge >= 0.3 is 0 Å². The summed E-state index contributed by atoms with van der Waals surface area (Å²) in [5.74, 6) is -0.237. The minimum absolute atomic E-state index is 0.237. The summed E-state index contributed by atoms with van der Waals surface area (Å²) in [6.45, 7) is 4.04. The molecule has 0 unspecified atom stereocenters. The van der Waals surface area contributed by atoms with Crippen molar-refractivity contribution in [1.82, 2.24) is 0 Å². The molecule has 136 valence electrons. The van der Waals surface area contributed by atoms with Crippen molar-refractivity contribution in [2.75, 3.05) is 5.32 Å². The van der Waals surface area contributed by atoms with Crippen LogP contribution in [0.5, 0.6) is 0 Å². The number of benzene rings is 2. The van der Waals surface area contributed by atoms with Gasteiger partial charge in [-0.3, -0.25) is 0 Å². The topological polar surface area (TPSA) is 39.0 Å². The van der Waals surface area contributed by atoms with Crippen molar-refractivity contribution >= 4 is 46.0 Å². The molecule has 0 aliphatic heterocycles. The Labute approximate surface area is 169 Å². The van der Waals surface area contributed by atoms with E-state index in [4.69, 9.17) is 23.8 Å². The molecule has 0 saturated carbocycles. The van der Waals surface area contributed by atoms with Gasteiger partial charge in [-0.05, 0) is 54.5 Å². The number of aryl methyl sites for hydroxylation is 2. The van der Waals surface area contributed by atoms with Crippen LogP contribution in [0.3, 0.4) is 0 Å². The number of rotatable bonds is 4. The smallest absolute Gasteiger partial charge is 0.238 e. The summed E-state index contributed by atoms with van der Waals surface area (Å²) < 4.78 is 1.71. The van der Waals surface area contributed by atoms with Crippen molar-refractivity contribution in [3.05, 3.63) is 94.8 Å². The number of nitrogens with one attached hydrogen (secondary N) is 1. The van der Waals surface area contributed by atoms with Gasteiger partial charge in [0.05, 0.1) is 0 Å². The average Bonchev–Trinajstić information content (AvgIpc) is 2.62. The molecule has 0 aliphatic rings. The molecule has 3 rings (SSSR count). The Morgan fingerprint density at radius 1 is 0.963 bits per heavy atom. The molecule has 0 radical (unpaired) electrons. The second-order valence-corrected chi connectivity index (χ2v) is 7.09. The van der Waals surface area contributed by atoms with Crippen LogP contribution < -0.4 is 15.0 Å². The zero-order valence-corrected chi connectivity index (χ0v) is 16.6. The predicted molar refractivity (Wildman–Crippen MR) is 113 cm³/mol. The lowest BCUT2D eigenvalue weighted by Crippen LogP contribution is -2.39. The molecule has 1 N–H and O–H groups in total. The van der Waals surface area contributed by atoms with Crippen LogP contribution in [-0.2, 0) is 0 Å². The van der Waals surface area contributed by atoms with E-state index >= 15 is 0 Å². The first-order valence-corrected chi connectivity index (χ1v) is 9.27. The van der Waals surface area contributed by atoms with Crippen LogP contribution in [0.2, 0.25) is 5.02 Å². The molecule has 0 amide bonds. The average molecular weight is 395 g/mol. The van der Waals surface area contributed by atoms with Crippen LogP contribution in [0.25, 0.3) is 11.5 Å². The van der Waals surface area contributed by atoms with Crippen LogP contribution in [0.4, 0.5) is 5.69 Å². The maximum atomic E-state index is 13.3. The molecule has 5 heteroatoms. The summed E-state index contributed by atoms with van der Waals surface area (Å²) in [7, 11) is 0. The van der Waals surface area contributed by atoms with Crippen LogP contribution >= 0.6 is 23.8 Å². The summed E-state index contributed by atoms with van der Waals surface area (Å²) in [5.41, 5.74) is 3.84. The van der Waals surface area contributed by atoms with Gasteiger partial charge in [-0.2, -0.15) is 4.57 Å². The third-order valence-electron chi connectivity index (χ3n) is 4.00. The minimum atomic E-state index is -0.237. The highest BCUT2D eigenvalue weighted by atomic mass is 35.5. The van der Waals surface area contributed by atoms with Crippen molar-refractivity contribution in [3.8, 4) is 0 Å². The van der Waals surface area contributed by atoms with Crippen molar-refractivity contribution in [3.63, 3.8) is 0 Å². The van der Waals surface area contributed by atoms with Gasteiger partial charge in [-0.25, -0.2) is 0 Å². The van der Waals surface area contributed by atoms with E-state index in [1.54, 1.807) is 41.2 Å². The van der Waals surface area contributed by atoms with E-state index in [2.05, 4.69) is 11.4 Å². The van der Waals surface area contributed by atoms with Gasteiger partial charge in [-0.1, -0.05) is 54.2 Å². The van der Waals surface area contributed by atoms with Gasteiger partial charge < -0.3 is 10.4 Å². The van der Waals surface area contributed by atoms with E-state index in [0.29, 0.717) is 21.3 Å². The van der Waals surface area contributed by atoms with E-state index < -0.39 is 0 Å². The van der Waals surface area contributed by atoms with Gasteiger partial charge in [0.1, 0.15) is 0 Å². The monoisotopic (exact) mass is 394 g/mol. The molecule has 0 saturated heterocycles. The summed E-state index contributed by atoms with van der Waals surface area (Å²) in [5, 5.41) is 16.9. The highest BCUT2D eigenvalue weighted by molar-refractivity contribution is 7.81. The number of anilines is 1. The first-order chi connectivity index (χ1) is 13.0. The van der Waals surface area contributed by atoms with Gasteiger partial charge in [-0.15, -0.1) is 0 Å². The molecule has 1 heterocycles. The lowest BCUT2D eigenvalue weighted by atomic mass is 10.1. The predicted octanol–water partition coefficient (Wildman–Crippen LogP) is 4.37. The van der Waals surface area contributed by atoms with Crippen LogP contribution in [0, 0.1) is 13.8 Å². The number of thiocarbonyl (C=S) groups is 1. The molecule has 0 spiro atoms. The minimum Gasteiger partial charge on any atom is -0.867 e. The van der Waals surface area contributed by atoms with Crippen LogP contribution in [0.1, 0.15) is 16.7 Å². The van der Waals surface area contributed by atoms with Crippen LogP contribution in [-0.4, -0.2) is 4.99 Å². The molecular formula is C22H19ClN2OS.